The number of nitrogens with one attached hydrogen (secondary N) is 1. The van der Waals surface area contributed by atoms with Crippen molar-refractivity contribution in [1.29, 1.82) is 5.26 Å². The molecule has 0 saturated heterocycles. The number of aryl methyl sites for hydroxylation is 1. The quantitative estimate of drug-likeness (QED) is 0.484. The Labute approximate surface area is 172 Å². The maximum atomic E-state index is 11.3. The minimum absolute atomic E-state index is 0.119. The second kappa shape index (κ2) is 9.03. The second-order valence-corrected chi connectivity index (χ2v) is 6.92. The third-order valence-electron chi connectivity index (χ3n) is 3.91. The molecule has 2 aromatic heterocycles. The van der Waals surface area contributed by atoms with Crippen LogP contribution < -0.4 is 11.1 Å². The van der Waals surface area contributed by atoms with Crippen molar-refractivity contribution in [1.82, 2.24) is 15.0 Å². The van der Waals surface area contributed by atoms with Crippen LogP contribution in [0, 0.1) is 18.3 Å². The molecule has 2 heterocycles. The molecule has 0 unspecified atom stereocenters. The Hall–Kier alpha value is -3.64. The maximum absolute atomic E-state index is 11.3. The molecule has 0 aliphatic heterocycles. The van der Waals surface area contributed by atoms with E-state index in [9.17, 15) is 10.1 Å². The van der Waals surface area contributed by atoms with E-state index in [0.29, 0.717) is 27.9 Å². The van der Waals surface area contributed by atoms with Gasteiger partial charge < -0.3 is 10.5 Å². The Morgan fingerprint density at radius 1 is 1.21 bits per heavy atom. The average Bonchev–Trinajstić information content (AvgIpc) is 2.72. The van der Waals surface area contributed by atoms with Gasteiger partial charge in [-0.2, -0.15) is 5.26 Å². The molecule has 3 aromatic rings. The zero-order valence-corrected chi connectivity index (χ0v) is 16.7. The molecule has 0 atom stereocenters. The number of nitrogens with two attached hydrogens (primary N) is 1. The highest BCUT2D eigenvalue weighted by atomic mass is 32.2. The van der Waals surface area contributed by atoms with Gasteiger partial charge in [-0.05, 0) is 31.2 Å². The van der Waals surface area contributed by atoms with Gasteiger partial charge in [-0.3, -0.25) is 10.3 Å². The number of amides is 1. The van der Waals surface area contributed by atoms with Crippen molar-refractivity contribution >= 4 is 29.4 Å². The van der Waals surface area contributed by atoms with Crippen LogP contribution in [0.1, 0.15) is 17.0 Å². The molecule has 0 saturated carbocycles. The topological polar surface area (TPSA) is 127 Å². The van der Waals surface area contributed by atoms with E-state index in [1.54, 1.807) is 24.3 Å². The van der Waals surface area contributed by atoms with Gasteiger partial charge in [0, 0.05) is 22.7 Å². The summed E-state index contributed by atoms with van der Waals surface area (Å²) < 4.78 is 4.57. The number of thioether (sulfide) groups is 1. The van der Waals surface area contributed by atoms with E-state index < -0.39 is 6.09 Å². The number of methoxy groups -OCH3 is 1. The number of pyridine rings is 1. The molecule has 146 valence electrons. The van der Waals surface area contributed by atoms with E-state index >= 15 is 0 Å². The normalized spacial score (nSPS) is 10.2. The lowest BCUT2D eigenvalue weighted by molar-refractivity contribution is 0.187. The standard InChI is InChI=1S/C20H18N6O2S/c1-12-4-3-5-15(23-12)11-29-19-25-17(16(10-21)18(22)26-19)13-6-8-14(9-7-13)24-20(27)28-2/h3-9H,11H2,1-2H3,(H,24,27)(H2,22,25,26). The number of anilines is 2. The highest BCUT2D eigenvalue weighted by Gasteiger charge is 2.15. The van der Waals surface area contributed by atoms with Crippen molar-refractivity contribution < 1.29 is 9.53 Å². The summed E-state index contributed by atoms with van der Waals surface area (Å²) >= 11 is 1.39. The number of nitriles is 1. The molecule has 9 heteroatoms. The van der Waals surface area contributed by atoms with E-state index in [1.807, 2.05) is 25.1 Å². The van der Waals surface area contributed by atoms with Gasteiger partial charge in [-0.15, -0.1) is 0 Å². The molecule has 0 aliphatic carbocycles. The van der Waals surface area contributed by atoms with E-state index in [-0.39, 0.29) is 11.4 Å². The third-order valence-corrected chi connectivity index (χ3v) is 4.79. The first-order chi connectivity index (χ1) is 14.0. The Balaban J connectivity index is 1.87. The molecule has 1 amide bonds. The Morgan fingerprint density at radius 2 is 1.97 bits per heavy atom. The zero-order chi connectivity index (χ0) is 20.8. The summed E-state index contributed by atoms with van der Waals surface area (Å²) in [4.78, 5) is 24.5. The number of benzene rings is 1. The Kier molecular flexibility index (Phi) is 6.26. The lowest BCUT2D eigenvalue weighted by atomic mass is 10.1. The zero-order valence-electron chi connectivity index (χ0n) is 15.8. The fourth-order valence-corrected chi connectivity index (χ4v) is 3.30. The molecule has 3 rings (SSSR count). The number of carbonyl (C=O) groups excluding carboxylic acids is 1. The van der Waals surface area contributed by atoms with Gasteiger partial charge in [-0.25, -0.2) is 14.8 Å². The van der Waals surface area contributed by atoms with Crippen LogP contribution in [-0.2, 0) is 10.5 Å². The number of rotatable bonds is 5. The summed E-state index contributed by atoms with van der Waals surface area (Å²) in [6.45, 7) is 1.93. The highest BCUT2D eigenvalue weighted by Crippen LogP contribution is 2.29. The van der Waals surface area contributed by atoms with Crippen LogP contribution in [0.2, 0.25) is 0 Å². The lowest BCUT2D eigenvalue weighted by Gasteiger charge is -2.10. The Bertz CT molecular complexity index is 1080. The van der Waals surface area contributed by atoms with E-state index in [4.69, 9.17) is 5.73 Å². The van der Waals surface area contributed by atoms with Crippen molar-refractivity contribution in [3.8, 4) is 17.3 Å². The Morgan fingerprint density at radius 3 is 2.62 bits per heavy atom. The van der Waals surface area contributed by atoms with Gasteiger partial charge in [-0.1, -0.05) is 30.0 Å². The van der Waals surface area contributed by atoms with Crippen molar-refractivity contribution in [2.24, 2.45) is 0 Å². The van der Waals surface area contributed by atoms with Gasteiger partial charge in [0.05, 0.1) is 18.5 Å². The number of hydrogen-bond acceptors (Lipinski definition) is 8. The summed E-state index contributed by atoms with van der Waals surface area (Å²) in [5.41, 5.74) is 9.72. The molecule has 0 bridgehead atoms. The molecule has 3 N–H and O–H groups in total. The van der Waals surface area contributed by atoms with Crippen molar-refractivity contribution in [3.63, 3.8) is 0 Å². The molecule has 0 aliphatic rings. The second-order valence-electron chi connectivity index (χ2n) is 5.98. The largest absolute Gasteiger partial charge is 0.453 e. The fraction of sp³-hybridized carbons (Fsp3) is 0.150. The summed E-state index contributed by atoms with van der Waals surface area (Å²) in [6, 6.07) is 14.7. The average molecular weight is 406 g/mol. The molecule has 0 spiro atoms. The predicted octanol–water partition coefficient (Wildman–Crippen LogP) is 3.77. The van der Waals surface area contributed by atoms with Gasteiger partial charge in [0.25, 0.3) is 0 Å². The van der Waals surface area contributed by atoms with Crippen LogP contribution in [-0.4, -0.2) is 28.2 Å². The van der Waals surface area contributed by atoms with Crippen molar-refractivity contribution in [3.05, 3.63) is 59.4 Å². The van der Waals surface area contributed by atoms with Crippen LogP contribution in [0.3, 0.4) is 0 Å². The van der Waals surface area contributed by atoms with Crippen LogP contribution in [0.5, 0.6) is 0 Å². The number of carbonyl (C=O) groups is 1. The highest BCUT2D eigenvalue weighted by molar-refractivity contribution is 7.98. The number of hydrogen-bond donors (Lipinski definition) is 2. The van der Waals surface area contributed by atoms with Gasteiger partial charge in [0.1, 0.15) is 17.5 Å². The molecule has 0 fully saturated rings. The van der Waals surface area contributed by atoms with Crippen LogP contribution >= 0.6 is 11.8 Å². The summed E-state index contributed by atoms with van der Waals surface area (Å²) in [5.74, 6) is 0.697. The minimum atomic E-state index is -0.565. The van der Waals surface area contributed by atoms with Crippen LogP contribution in [0.4, 0.5) is 16.3 Å². The first-order valence-corrected chi connectivity index (χ1v) is 9.57. The summed E-state index contributed by atoms with van der Waals surface area (Å²) in [5, 5.41) is 12.5. The van der Waals surface area contributed by atoms with Crippen molar-refractivity contribution in [2.45, 2.75) is 17.8 Å². The van der Waals surface area contributed by atoms with E-state index in [2.05, 4.69) is 31.1 Å². The number of nitrogens with zero attached hydrogens (tertiary/aromatic N) is 4. The maximum Gasteiger partial charge on any atom is 0.411 e. The molecule has 0 radical (unpaired) electrons. The first-order valence-electron chi connectivity index (χ1n) is 8.58. The fourth-order valence-electron chi connectivity index (χ4n) is 2.54. The minimum Gasteiger partial charge on any atom is -0.453 e. The van der Waals surface area contributed by atoms with Crippen LogP contribution in [0.25, 0.3) is 11.3 Å². The van der Waals surface area contributed by atoms with Gasteiger partial charge in [0.15, 0.2) is 5.16 Å². The van der Waals surface area contributed by atoms with E-state index in [1.165, 1.54) is 18.9 Å². The monoisotopic (exact) mass is 406 g/mol. The van der Waals surface area contributed by atoms with Crippen LogP contribution in [0.15, 0.2) is 47.6 Å². The number of ether oxygens (including phenoxy) is 1. The SMILES string of the molecule is COC(=O)Nc1ccc(-c2nc(SCc3cccc(C)n3)nc(N)c2C#N)cc1. The summed E-state index contributed by atoms with van der Waals surface area (Å²) in [7, 11) is 1.29. The smallest absolute Gasteiger partial charge is 0.411 e. The first kappa shape index (κ1) is 20.1. The van der Waals surface area contributed by atoms with E-state index in [0.717, 1.165) is 11.4 Å². The predicted molar refractivity (Wildman–Crippen MR) is 111 cm³/mol. The molecule has 1 aromatic carbocycles. The number of nitrogen functional groups attached to an aromatic ring is 1. The number of aromatic nitrogens is 3. The molecule has 29 heavy (non-hydrogen) atoms. The molecular weight excluding hydrogens is 388 g/mol. The molecule has 8 nitrogen and oxygen atoms in total. The van der Waals surface area contributed by atoms with Gasteiger partial charge in [0.2, 0.25) is 0 Å². The lowest BCUT2D eigenvalue weighted by Crippen LogP contribution is -2.10. The summed E-state index contributed by atoms with van der Waals surface area (Å²) in [6.07, 6.45) is -0.565. The van der Waals surface area contributed by atoms with Crippen molar-refractivity contribution in [2.75, 3.05) is 18.2 Å². The van der Waals surface area contributed by atoms with Gasteiger partial charge >= 0.3 is 6.09 Å². The molecular formula is C20H18N6O2S. The third kappa shape index (κ3) is 5.00.